The van der Waals surface area contributed by atoms with E-state index in [1.807, 2.05) is 0 Å². The molecule has 0 radical (unpaired) electrons. The molecule has 12 heteroatoms. The van der Waals surface area contributed by atoms with Crippen LogP contribution in [0.15, 0.2) is 60.7 Å². The number of alkyl halides is 3. The van der Waals surface area contributed by atoms with Crippen LogP contribution in [0.2, 0.25) is 0 Å². The van der Waals surface area contributed by atoms with Gasteiger partial charge in [-0.2, -0.15) is 13.2 Å². The van der Waals surface area contributed by atoms with Crippen molar-refractivity contribution < 1.29 is 42.2 Å². The van der Waals surface area contributed by atoms with Gasteiger partial charge in [-0.05, 0) is 44.7 Å². The molecule has 0 aliphatic carbocycles. The summed E-state index contributed by atoms with van der Waals surface area (Å²) in [4.78, 5) is 51.1. The molecule has 0 heterocycles. The number of rotatable bonds is 14. The summed E-state index contributed by atoms with van der Waals surface area (Å²) >= 11 is 0. The van der Waals surface area contributed by atoms with Crippen LogP contribution in [0.4, 0.5) is 18.0 Å². The molecule has 9 nitrogen and oxygen atoms in total. The third-order valence-electron chi connectivity index (χ3n) is 6.02. The van der Waals surface area contributed by atoms with Gasteiger partial charge in [-0.1, -0.05) is 67.1 Å². The Hall–Kier alpha value is -4.09. The summed E-state index contributed by atoms with van der Waals surface area (Å²) in [7, 11) is 0. The molecule has 0 aliphatic rings. The Kier molecular flexibility index (Phi) is 12.8. The van der Waals surface area contributed by atoms with Gasteiger partial charge in [0.25, 0.3) is 0 Å². The SMILES string of the molecule is CC(C)(C)OC(=O)N[C@H](Cc1ccccc1)C(=O)N[C@H](Cc1ccccc1)C(=O)NC(CCCCC(F)(F)F)C(=O)O. The molecule has 0 fully saturated rings. The summed E-state index contributed by atoms with van der Waals surface area (Å²) in [5.41, 5.74) is 0.553. The number of hydrogen-bond acceptors (Lipinski definition) is 5. The van der Waals surface area contributed by atoms with Crippen molar-refractivity contribution in [1.82, 2.24) is 16.0 Å². The van der Waals surface area contributed by atoms with Crippen molar-refractivity contribution in [2.45, 2.75) is 89.2 Å². The number of unbranched alkanes of at least 4 members (excludes halogenated alkanes) is 1. The van der Waals surface area contributed by atoms with Crippen LogP contribution in [0.3, 0.4) is 0 Å². The van der Waals surface area contributed by atoms with Crippen molar-refractivity contribution in [2.24, 2.45) is 0 Å². The van der Waals surface area contributed by atoms with Crippen LogP contribution in [-0.2, 0) is 32.0 Å². The highest BCUT2D eigenvalue weighted by Gasteiger charge is 2.31. The first-order chi connectivity index (χ1) is 19.6. The zero-order valence-electron chi connectivity index (χ0n) is 23.9. The first-order valence-corrected chi connectivity index (χ1v) is 13.6. The van der Waals surface area contributed by atoms with E-state index >= 15 is 0 Å². The van der Waals surface area contributed by atoms with Crippen molar-refractivity contribution in [3.8, 4) is 0 Å². The van der Waals surface area contributed by atoms with Crippen LogP contribution in [-0.4, -0.2) is 58.9 Å². The molecule has 2 aromatic carbocycles. The van der Waals surface area contributed by atoms with Gasteiger partial charge in [-0.25, -0.2) is 9.59 Å². The number of carbonyl (C=O) groups is 4. The molecule has 3 amide bonds. The largest absolute Gasteiger partial charge is 0.480 e. The van der Waals surface area contributed by atoms with E-state index in [1.165, 1.54) is 0 Å². The summed E-state index contributed by atoms with van der Waals surface area (Å²) in [5.74, 6) is -2.95. The number of carboxylic acid groups (broad SMARTS) is 1. The van der Waals surface area contributed by atoms with Crippen LogP contribution in [0.25, 0.3) is 0 Å². The van der Waals surface area contributed by atoms with E-state index in [2.05, 4.69) is 16.0 Å². The third kappa shape index (κ3) is 13.5. The Labute approximate surface area is 243 Å². The Bertz CT molecular complexity index is 1170. The zero-order valence-corrected chi connectivity index (χ0v) is 23.9. The number of ether oxygens (including phenoxy) is 1. The minimum Gasteiger partial charge on any atom is -0.480 e. The molecule has 2 rings (SSSR count). The molecule has 0 spiro atoms. The van der Waals surface area contributed by atoms with Crippen LogP contribution < -0.4 is 16.0 Å². The van der Waals surface area contributed by atoms with E-state index < -0.39 is 60.2 Å². The second kappa shape index (κ2) is 15.8. The van der Waals surface area contributed by atoms with Crippen molar-refractivity contribution in [3.05, 3.63) is 71.8 Å². The molecule has 230 valence electrons. The molecule has 4 N–H and O–H groups in total. The lowest BCUT2D eigenvalue weighted by molar-refractivity contribution is -0.142. The number of carbonyl (C=O) groups excluding carboxylic acids is 3. The van der Waals surface area contributed by atoms with Gasteiger partial charge in [0.15, 0.2) is 0 Å². The van der Waals surface area contributed by atoms with Crippen LogP contribution in [0.1, 0.15) is 57.6 Å². The second-order valence-electron chi connectivity index (χ2n) is 10.9. The van der Waals surface area contributed by atoms with Crippen molar-refractivity contribution in [1.29, 1.82) is 0 Å². The fourth-order valence-electron chi connectivity index (χ4n) is 4.04. The van der Waals surface area contributed by atoms with Crippen LogP contribution >= 0.6 is 0 Å². The number of carboxylic acids is 1. The molecule has 0 aromatic heterocycles. The summed E-state index contributed by atoms with van der Waals surface area (Å²) in [5, 5.41) is 17.1. The van der Waals surface area contributed by atoms with E-state index in [-0.39, 0.29) is 32.1 Å². The molecule has 0 aliphatic heterocycles. The highest BCUT2D eigenvalue weighted by molar-refractivity contribution is 5.93. The van der Waals surface area contributed by atoms with Gasteiger partial charge in [0.1, 0.15) is 23.7 Å². The lowest BCUT2D eigenvalue weighted by Gasteiger charge is -2.26. The summed E-state index contributed by atoms with van der Waals surface area (Å²) in [6.07, 6.45) is -6.79. The predicted octanol–water partition coefficient (Wildman–Crippen LogP) is 4.54. The molecule has 42 heavy (non-hydrogen) atoms. The Balaban J connectivity index is 2.23. The standard InChI is InChI=1S/C30H38F3N3O6/c1-29(2,3)42-28(41)36-24(19-21-14-8-5-9-15-21)26(38)35-23(18-20-12-6-4-7-13-20)25(37)34-22(27(39)40)16-10-11-17-30(31,32)33/h4-9,12-15,22-24H,10-11,16-19H2,1-3H3,(H,34,37)(H,35,38)(H,36,41)(H,39,40)/t22?,23-,24-/m1/s1. The summed E-state index contributed by atoms with van der Waals surface area (Å²) in [6, 6.07) is 13.7. The number of benzene rings is 2. The Morgan fingerprint density at radius 2 is 1.19 bits per heavy atom. The smallest absolute Gasteiger partial charge is 0.408 e. The molecule has 2 aromatic rings. The van der Waals surface area contributed by atoms with Crippen molar-refractivity contribution in [3.63, 3.8) is 0 Å². The molecule has 0 saturated heterocycles. The average molecular weight is 594 g/mol. The lowest BCUT2D eigenvalue weighted by Crippen LogP contribution is -2.57. The minimum atomic E-state index is -4.36. The van der Waals surface area contributed by atoms with Crippen molar-refractivity contribution >= 4 is 23.9 Å². The Morgan fingerprint density at radius 3 is 1.62 bits per heavy atom. The number of alkyl carbamates (subject to hydrolysis) is 1. The van der Waals surface area contributed by atoms with Gasteiger partial charge >= 0.3 is 18.2 Å². The van der Waals surface area contributed by atoms with Gasteiger partial charge in [-0.15, -0.1) is 0 Å². The number of nitrogens with one attached hydrogen (secondary N) is 3. The van der Waals surface area contributed by atoms with E-state index in [0.717, 1.165) is 5.56 Å². The number of aliphatic carboxylic acids is 1. The lowest BCUT2D eigenvalue weighted by atomic mass is 10.0. The van der Waals surface area contributed by atoms with Gasteiger partial charge in [0, 0.05) is 19.3 Å². The third-order valence-corrected chi connectivity index (χ3v) is 6.02. The number of halogens is 3. The summed E-state index contributed by atoms with van der Waals surface area (Å²) < 4.78 is 42.8. The normalized spacial score (nSPS) is 13.8. The van der Waals surface area contributed by atoms with E-state index in [9.17, 15) is 37.5 Å². The van der Waals surface area contributed by atoms with Gasteiger partial charge < -0.3 is 25.8 Å². The van der Waals surface area contributed by atoms with Gasteiger partial charge in [-0.3, -0.25) is 9.59 Å². The molecular weight excluding hydrogens is 555 g/mol. The number of hydrogen-bond donors (Lipinski definition) is 4. The Morgan fingerprint density at radius 1 is 0.738 bits per heavy atom. The van der Waals surface area contributed by atoms with E-state index in [4.69, 9.17) is 4.74 Å². The molecule has 3 atom stereocenters. The maximum absolute atomic E-state index is 13.5. The van der Waals surface area contributed by atoms with Gasteiger partial charge in [0.2, 0.25) is 11.8 Å². The quantitative estimate of drug-likeness (QED) is 0.238. The average Bonchev–Trinajstić information content (AvgIpc) is 2.89. The molecular formula is C30H38F3N3O6. The highest BCUT2D eigenvalue weighted by Crippen LogP contribution is 2.23. The van der Waals surface area contributed by atoms with E-state index in [1.54, 1.807) is 81.4 Å². The fourth-order valence-corrected chi connectivity index (χ4v) is 4.04. The second-order valence-corrected chi connectivity index (χ2v) is 10.9. The maximum Gasteiger partial charge on any atom is 0.408 e. The fraction of sp³-hybridized carbons (Fsp3) is 0.467. The maximum atomic E-state index is 13.5. The first-order valence-electron chi connectivity index (χ1n) is 13.6. The first kappa shape index (κ1) is 34.1. The summed E-state index contributed by atoms with van der Waals surface area (Å²) in [6.45, 7) is 5.00. The number of amides is 3. The van der Waals surface area contributed by atoms with Gasteiger partial charge in [0.05, 0.1) is 0 Å². The van der Waals surface area contributed by atoms with Crippen molar-refractivity contribution in [2.75, 3.05) is 0 Å². The minimum absolute atomic E-state index is 0.0106. The monoisotopic (exact) mass is 593 g/mol. The van der Waals surface area contributed by atoms with E-state index in [0.29, 0.717) is 5.56 Å². The topological polar surface area (TPSA) is 134 Å². The van der Waals surface area contributed by atoms with Crippen LogP contribution in [0, 0.1) is 0 Å². The predicted molar refractivity (Wildman–Crippen MR) is 149 cm³/mol. The molecule has 0 bridgehead atoms. The zero-order chi connectivity index (χ0) is 31.3. The molecule has 0 saturated carbocycles. The van der Waals surface area contributed by atoms with Crippen LogP contribution in [0.5, 0.6) is 0 Å². The highest BCUT2D eigenvalue weighted by atomic mass is 19.4. The molecule has 1 unspecified atom stereocenters.